The second kappa shape index (κ2) is 6.29. The van der Waals surface area contributed by atoms with Gasteiger partial charge in [-0.15, -0.1) is 11.3 Å². The summed E-state index contributed by atoms with van der Waals surface area (Å²) in [4.78, 5) is 17.3. The minimum absolute atomic E-state index is 0.178. The largest absolute Gasteiger partial charge is 0.506 e. The van der Waals surface area contributed by atoms with E-state index in [1.807, 2.05) is 6.07 Å². The number of carbonyl (C=O) groups is 1. The van der Waals surface area contributed by atoms with Gasteiger partial charge in [-0.2, -0.15) is 0 Å². The van der Waals surface area contributed by atoms with E-state index in [9.17, 15) is 9.90 Å². The van der Waals surface area contributed by atoms with E-state index < -0.39 is 5.91 Å². The van der Waals surface area contributed by atoms with E-state index in [0.29, 0.717) is 16.1 Å². The fourth-order valence-electron chi connectivity index (χ4n) is 2.55. The Balaban J connectivity index is 2.02. The number of phenols is 1. The molecule has 4 nitrogen and oxygen atoms in total. The second-order valence-corrected chi connectivity index (χ2v) is 8.15. The van der Waals surface area contributed by atoms with Gasteiger partial charge in [0.2, 0.25) is 0 Å². The molecule has 22 heavy (non-hydrogen) atoms. The van der Waals surface area contributed by atoms with Gasteiger partial charge in [0.05, 0.1) is 9.13 Å². The van der Waals surface area contributed by atoms with Crippen LogP contribution in [0.2, 0.25) is 0 Å². The summed E-state index contributed by atoms with van der Waals surface area (Å²) in [7, 11) is 0. The molecule has 3 N–H and O–H groups in total. The van der Waals surface area contributed by atoms with Gasteiger partial charge in [-0.05, 0) is 59.5 Å². The number of rotatable bonds is 3. The van der Waals surface area contributed by atoms with E-state index in [1.165, 1.54) is 16.2 Å². The molecule has 3 rings (SSSR count). The van der Waals surface area contributed by atoms with Gasteiger partial charge in [-0.1, -0.05) is 15.9 Å². The molecule has 114 valence electrons. The summed E-state index contributed by atoms with van der Waals surface area (Å²) in [5, 5.41) is 10.7. The molecule has 1 aliphatic carbocycles. The number of benzene rings is 1. The van der Waals surface area contributed by atoms with Crippen LogP contribution in [0.15, 0.2) is 21.6 Å². The number of aliphatic imine (C=N–C) groups is 1. The summed E-state index contributed by atoms with van der Waals surface area (Å²) in [5.74, 6) is -0.253. The van der Waals surface area contributed by atoms with Gasteiger partial charge >= 0.3 is 0 Å². The van der Waals surface area contributed by atoms with E-state index in [-0.39, 0.29) is 5.75 Å². The molecule has 2 aromatic rings. The first kappa shape index (κ1) is 15.9. The lowest BCUT2D eigenvalue weighted by Crippen LogP contribution is -2.12. The van der Waals surface area contributed by atoms with Crippen LogP contribution in [0.25, 0.3) is 0 Å². The second-order valence-electron chi connectivity index (χ2n) is 4.99. The third-order valence-corrected chi connectivity index (χ3v) is 6.01. The zero-order valence-electron chi connectivity index (χ0n) is 11.4. The molecular weight excluding hydrogens is 479 g/mol. The number of fused-ring (bicyclic) bond motifs is 1. The number of aryl methyl sites for hydroxylation is 1. The Morgan fingerprint density at radius 1 is 1.45 bits per heavy atom. The standard InChI is InChI=1S/C15H12BrIN2O2S/c16-8-4-7(13(20)10(17)5-8)6-19-15-12(14(18)21)9-2-1-3-11(9)22-15/h4-6,20H,1-3H2,(H2,18,21). The quantitative estimate of drug-likeness (QED) is 0.500. The van der Waals surface area contributed by atoms with Crippen molar-refractivity contribution in [2.75, 3.05) is 0 Å². The highest BCUT2D eigenvalue weighted by molar-refractivity contribution is 14.1. The van der Waals surface area contributed by atoms with E-state index >= 15 is 0 Å². The third kappa shape index (κ3) is 2.93. The molecule has 1 aliphatic rings. The summed E-state index contributed by atoms with van der Waals surface area (Å²) in [6.07, 6.45) is 4.52. The lowest BCUT2D eigenvalue weighted by molar-refractivity contribution is 0.100. The molecule has 0 saturated carbocycles. The number of thiophene rings is 1. The van der Waals surface area contributed by atoms with Gasteiger partial charge in [-0.25, -0.2) is 4.99 Å². The number of hydrogen-bond donors (Lipinski definition) is 2. The summed E-state index contributed by atoms with van der Waals surface area (Å²) < 4.78 is 1.59. The van der Waals surface area contributed by atoms with Crippen molar-refractivity contribution < 1.29 is 9.90 Å². The zero-order valence-corrected chi connectivity index (χ0v) is 16.0. The molecule has 1 amide bonds. The molecule has 1 aromatic carbocycles. The summed E-state index contributed by atoms with van der Waals surface area (Å²) in [5.41, 5.74) is 7.71. The summed E-state index contributed by atoms with van der Waals surface area (Å²) in [6, 6.07) is 3.61. The number of nitrogens with zero attached hydrogens (tertiary/aromatic N) is 1. The van der Waals surface area contributed by atoms with Crippen LogP contribution in [0.1, 0.15) is 32.8 Å². The lowest BCUT2D eigenvalue weighted by Gasteiger charge is -2.03. The Hall–Kier alpha value is -0.930. The fourth-order valence-corrected chi connectivity index (χ4v) is 5.34. The monoisotopic (exact) mass is 490 g/mol. The lowest BCUT2D eigenvalue weighted by atomic mass is 10.1. The predicted octanol–water partition coefficient (Wildman–Crippen LogP) is 4.16. The van der Waals surface area contributed by atoms with Crippen LogP contribution in [0.3, 0.4) is 0 Å². The molecule has 1 heterocycles. The van der Waals surface area contributed by atoms with E-state index in [2.05, 4.69) is 43.5 Å². The Morgan fingerprint density at radius 3 is 2.95 bits per heavy atom. The Labute approximate surface area is 153 Å². The highest BCUT2D eigenvalue weighted by Gasteiger charge is 2.24. The minimum Gasteiger partial charge on any atom is -0.506 e. The van der Waals surface area contributed by atoms with Gasteiger partial charge < -0.3 is 10.8 Å². The molecule has 0 unspecified atom stereocenters. The number of nitrogens with two attached hydrogens (primary N) is 1. The number of primary amides is 1. The van der Waals surface area contributed by atoms with Crippen LogP contribution < -0.4 is 5.73 Å². The van der Waals surface area contributed by atoms with Gasteiger partial charge in [0.15, 0.2) is 0 Å². The first-order valence-electron chi connectivity index (χ1n) is 6.63. The van der Waals surface area contributed by atoms with E-state index in [4.69, 9.17) is 5.73 Å². The van der Waals surface area contributed by atoms with Gasteiger partial charge in [-0.3, -0.25) is 4.79 Å². The third-order valence-electron chi connectivity index (χ3n) is 3.53. The highest BCUT2D eigenvalue weighted by atomic mass is 127. The smallest absolute Gasteiger partial charge is 0.252 e. The topological polar surface area (TPSA) is 75.7 Å². The molecule has 0 atom stereocenters. The number of carbonyl (C=O) groups excluding carboxylic acids is 1. The van der Waals surface area contributed by atoms with Crippen molar-refractivity contribution in [3.05, 3.63) is 41.7 Å². The fraction of sp³-hybridized carbons (Fsp3) is 0.200. The van der Waals surface area contributed by atoms with E-state index in [0.717, 1.165) is 32.9 Å². The van der Waals surface area contributed by atoms with Crippen LogP contribution >= 0.6 is 49.9 Å². The Morgan fingerprint density at radius 2 is 2.23 bits per heavy atom. The molecule has 1 aromatic heterocycles. The first-order valence-corrected chi connectivity index (χ1v) is 9.32. The molecule has 0 radical (unpaired) electrons. The van der Waals surface area contributed by atoms with Crippen LogP contribution in [-0.4, -0.2) is 17.2 Å². The number of aromatic hydroxyl groups is 1. The minimum atomic E-state index is -0.431. The van der Waals surface area contributed by atoms with Crippen LogP contribution in [-0.2, 0) is 12.8 Å². The van der Waals surface area contributed by atoms with Crippen LogP contribution in [0.4, 0.5) is 5.00 Å². The summed E-state index contributed by atoms with van der Waals surface area (Å²) in [6.45, 7) is 0. The average molecular weight is 491 g/mol. The van der Waals surface area contributed by atoms with Gasteiger partial charge in [0.25, 0.3) is 5.91 Å². The molecular formula is C15H12BrIN2O2S. The molecule has 7 heteroatoms. The maximum absolute atomic E-state index is 11.7. The maximum Gasteiger partial charge on any atom is 0.252 e. The highest BCUT2D eigenvalue weighted by Crippen LogP contribution is 2.40. The molecule has 0 fully saturated rings. The zero-order chi connectivity index (χ0) is 15.9. The van der Waals surface area contributed by atoms with Crippen molar-refractivity contribution in [1.29, 1.82) is 0 Å². The average Bonchev–Trinajstić information content (AvgIpc) is 3.00. The SMILES string of the molecule is NC(=O)c1c(N=Cc2cc(Br)cc(I)c2O)sc2c1CCC2. The van der Waals surface area contributed by atoms with Crippen LogP contribution in [0, 0.1) is 3.57 Å². The Bertz CT molecular complexity index is 801. The predicted molar refractivity (Wildman–Crippen MR) is 101 cm³/mol. The number of phenolic OH excluding ortho intramolecular Hbond substituents is 1. The van der Waals surface area contributed by atoms with Crippen molar-refractivity contribution >= 4 is 67.0 Å². The molecule has 0 bridgehead atoms. The van der Waals surface area contributed by atoms with Crippen LogP contribution in [0.5, 0.6) is 5.75 Å². The molecule has 0 aliphatic heterocycles. The number of halogens is 2. The number of amides is 1. The van der Waals surface area contributed by atoms with Crippen molar-refractivity contribution in [2.24, 2.45) is 10.7 Å². The van der Waals surface area contributed by atoms with E-state index in [1.54, 1.807) is 12.3 Å². The maximum atomic E-state index is 11.7. The van der Waals surface area contributed by atoms with Gasteiger partial charge in [0.1, 0.15) is 10.8 Å². The normalized spacial score (nSPS) is 13.7. The van der Waals surface area contributed by atoms with Crippen molar-refractivity contribution in [1.82, 2.24) is 0 Å². The molecule has 0 saturated heterocycles. The van der Waals surface area contributed by atoms with Crippen molar-refractivity contribution in [3.63, 3.8) is 0 Å². The first-order chi connectivity index (χ1) is 10.5. The Kier molecular flexibility index (Phi) is 4.56. The summed E-state index contributed by atoms with van der Waals surface area (Å²) >= 11 is 6.97. The van der Waals surface area contributed by atoms with Gasteiger partial charge in [0, 0.05) is 21.1 Å². The van der Waals surface area contributed by atoms with Crippen molar-refractivity contribution in [2.45, 2.75) is 19.3 Å². The molecule has 0 spiro atoms. The van der Waals surface area contributed by atoms with Crippen molar-refractivity contribution in [3.8, 4) is 5.75 Å². The number of hydrogen-bond acceptors (Lipinski definition) is 4.